The summed E-state index contributed by atoms with van der Waals surface area (Å²) in [6.07, 6.45) is 1.01. The monoisotopic (exact) mass is 429 g/mol. The van der Waals surface area contributed by atoms with Crippen LogP contribution in [0, 0.1) is 0 Å². The van der Waals surface area contributed by atoms with E-state index >= 15 is 0 Å². The van der Waals surface area contributed by atoms with Crippen LogP contribution in [0.5, 0.6) is 0 Å². The zero-order chi connectivity index (χ0) is 22.4. The third-order valence-electron chi connectivity index (χ3n) is 6.78. The lowest BCUT2D eigenvalue weighted by Crippen LogP contribution is -2.21. The first-order valence-electron chi connectivity index (χ1n) is 11.8. The summed E-state index contributed by atoms with van der Waals surface area (Å²) in [6.45, 7) is 5.12. The maximum atomic E-state index is 5.28. The van der Waals surface area contributed by atoms with Crippen LogP contribution in [0.1, 0.15) is 20.3 Å². The largest absolute Gasteiger partial charge is 0.333 e. The van der Waals surface area contributed by atoms with Gasteiger partial charge in [-0.1, -0.05) is 79.7 Å². The molecule has 33 heavy (non-hydrogen) atoms. The van der Waals surface area contributed by atoms with E-state index in [0.717, 1.165) is 12.3 Å². The zero-order valence-electron chi connectivity index (χ0n) is 19.1. The molecule has 0 radical (unpaired) electrons. The number of hydrogen-bond acceptors (Lipinski definition) is 1. The second kappa shape index (κ2) is 7.93. The van der Waals surface area contributed by atoms with Gasteiger partial charge in [-0.2, -0.15) is 0 Å². The molecule has 0 saturated heterocycles. The number of fused-ring (bicyclic) bond motifs is 6. The minimum absolute atomic E-state index is 0.244. The lowest BCUT2D eigenvalue weighted by Gasteiger charge is -2.16. The molecule has 0 aliphatic carbocycles. The van der Waals surface area contributed by atoms with Crippen LogP contribution in [-0.2, 0) is 6.54 Å². The van der Waals surface area contributed by atoms with E-state index in [0.29, 0.717) is 6.54 Å². The third-order valence-corrected chi connectivity index (χ3v) is 6.78. The molecule has 3 nitrogen and oxygen atoms in total. The lowest BCUT2D eigenvalue weighted by molar-refractivity contribution is 0.705. The highest BCUT2D eigenvalue weighted by atomic mass is 15.1. The molecule has 0 bridgehead atoms. The second-order valence-corrected chi connectivity index (χ2v) is 8.79. The lowest BCUT2D eigenvalue weighted by atomic mass is 10.2. The Morgan fingerprint density at radius 3 is 1.48 bits per heavy atom. The van der Waals surface area contributed by atoms with Crippen molar-refractivity contribution in [3.63, 3.8) is 0 Å². The van der Waals surface area contributed by atoms with Crippen molar-refractivity contribution in [1.82, 2.24) is 9.13 Å². The van der Waals surface area contributed by atoms with E-state index < -0.39 is 0 Å². The summed E-state index contributed by atoms with van der Waals surface area (Å²) < 4.78 is 4.80. The van der Waals surface area contributed by atoms with Crippen LogP contribution in [0.2, 0.25) is 0 Å². The van der Waals surface area contributed by atoms with Crippen molar-refractivity contribution in [3.05, 3.63) is 97.1 Å². The highest BCUT2D eigenvalue weighted by molar-refractivity contribution is 6.15. The fraction of sp³-hybridized carbons (Fsp3) is 0.167. The summed E-state index contributed by atoms with van der Waals surface area (Å²) in [5.74, 6) is 1.08. The van der Waals surface area contributed by atoms with Gasteiger partial charge in [-0.25, -0.2) is 0 Å². The molecule has 4 aromatic carbocycles. The molecule has 0 spiro atoms. The first-order valence-corrected chi connectivity index (χ1v) is 11.8. The van der Waals surface area contributed by atoms with Gasteiger partial charge in [-0.3, -0.25) is 9.56 Å². The molecule has 1 atom stereocenters. The Hall–Kier alpha value is -3.85. The summed E-state index contributed by atoms with van der Waals surface area (Å²) >= 11 is 0. The van der Waals surface area contributed by atoms with Gasteiger partial charge in [0, 0.05) is 38.6 Å². The molecule has 0 aliphatic heterocycles. The van der Waals surface area contributed by atoms with Crippen molar-refractivity contribution in [2.24, 2.45) is 4.99 Å². The molecular formula is C30H27N3. The molecule has 2 aromatic heterocycles. The summed E-state index contributed by atoms with van der Waals surface area (Å²) in [5.41, 5.74) is 4.91. The predicted molar refractivity (Wildman–Crippen MR) is 141 cm³/mol. The molecule has 6 aromatic rings. The van der Waals surface area contributed by atoms with Crippen molar-refractivity contribution in [1.29, 1.82) is 0 Å². The normalized spacial score (nSPS) is 13.5. The van der Waals surface area contributed by atoms with E-state index in [9.17, 15) is 0 Å². The van der Waals surface area contributed by atoms with Crippen LogP contribution in [0.15, 0.2) is 102 Å². The van der Waals surface area contributed by atoms with E-state index in [2.05, 4.69) is 120 Å². The summed E-state index contributed by atoms with van der Waals surface area (Å²) in [5, 5.41) is 5.12. The first kappa shape index (κ1) is 19.8. The number of hydrogen-bond donors (Lipinski definition) is 0. The molecule has 3 heteroatoms. The quantitative estimate of drug-likeness (QED) is 0.203. The number of aliphatic imine (C=N–C) groups is 1. The number of benzene rings is 4. The Morgan fingerprint density at radius 2 is 1.03 bits per heavy atom. The van der Waals surface area contributed by atoms with Gasteiger partial charge in [0.1, 0.15) is 5.84 Å². The first-order chi connectivity index (χ1) is 16.3. The molecule has 6 rings (SSSR count). The smallest absolute Gasteiger partial charge is 0.128 e. The Bertz CT molecular complexity index is 1540. The summed E-state index contributed by atoms with van der Waals surface area (Å²) in [4.78, 5) is 5.28. The topological polar surface area (TPSA) is 22.2 Å². The van der Waals surface area contributed by atoms with Gasteiger partial charge in [-0.15, -0.1) is 0 Å². The fourth-order valence-electron chi connectivity index (χ4n) is 5.03. The highest BCUT2D eigenvalue weighted by Gasteiger charge is 2.18. The van der Waals surface area contributed by atoms with Crippen molar-refractivity contribution >= 4 is 49.4 Å². The second-order valence-electron chi connectivity index (χ2n) is 8.79. The maximum absolute atomic E-state index is 5.28. The average molecular weight is 430 g/mol. The van der Waals surface area contributed by atoms with Crippen molar-refractivity contribution in [3.8, 4) is 0 Å². The van der Waals surface area contributed by atoms with E-state index in [1.165, 1.54) is 43.6 Å². The Morgan fingerprint density at radius 1 is 0.636 bits per heavy atom. The zero-order valence-corrected chi connectivity index (χ0v) is 19.1. The van der Waals surface area contributed by atoms with Gasteiger partial charge in [0.05, 0.1) is 17.6 Å². The predicted octanol–water partition coefficient (Wildman–Crippen LogP) is 7.65. The number of nitrogens with zero attached hydrogens (tertiary/aromatic N) is 3. The van der Waals surface area contributed by atoms with Crippen LogP contribution in [0.4, 0.5) is 0 Å². The maximum Gasteiger partial charge on any atom is 0.128 e. The number of para-hydroxylation sites is 4. The van der Waals surface area contributed by atoms with Gasteiger partial charge >= 0.3 is 0 Å². The molecule has 0 amide bonds. The minimum Gasteiger partial charge on any atom is -0.333 e. The molecule has 0 saturated carbocycles. The minimum atomic E-state index is 0.244. The molecule has 2 heterocycles. The van der Waals surface area contributed by atoms with E-state index in [1.54, 1.807) is 0 Å². The van der Waals surface area contributed by atoms with Gasteiger partial charge in [-0.05, 0) is 37.6 Å². The average Bonchev–Trinajstić information content (AvgIpc) is 3.37. The molecular weight excluding hydrogens is 402 g/mol. The SMILES string of the molecule is CCC(C)N=C(Cn1c2ccccc2c2ccccc21)n1c2ccccc2c2ccccc21. The van der Waals surface area contributed by atoms with Crippen LogP contribution in [0.3, 0.4) is 0 Å². The van der Waals surface area contributed by atoms with Crippen LogP contribution in [-0.4, -0.2) is 21.0 Å². The number of rotatable bonds is 4. The van der Waals surface area contributed by atoms with Crippen molar-refractivity contribution < 1.29 is 0 Å². The molecule has 1 unspecified atom stereocenters. The van der Waals surface area contributed by atoms with Crippen LogP contribution < -0.4 is 0 Å². The van der Waals surface area contributed by atoms with Crippen LogP contribution >= 0.6 is 0 Å². The van der Waals surface area contributed by atoms with Gasteiger partial charge < -0.3 is 4.57 Å². The molecule has 0 fully saturated rings. The van der Waals surface area contributed by atoms with E-state index in [4.69, 9.17) is 4.99 Å². The highest BCUT2D eigenvalue weighted by Crippen LogP contribution is 2.32. The third kappa shape index (κ3) is 3.15. The Balaban J connectivity index is 1.65. The fourth-order valence-corrected chi connectivity index (χ4v) is 5.03. The van der Waals surface area contributed by atoms with E-state index in [1.807, 2.05) is 0 Å². The van der Waals surface area contributed by atoms with E-state index in [-0.39, 0.29) is 6.04 Å². The Labute approximate surface area is 193 Å². The van der Waals surface area contributed by atoms with Crippen LogP contribution in [0.25, 0.3) is 43.6 Å². The summed E-state index contributed by atoms with van der Waals surface area (Å²) in [7, 11) is 0. The summed E-state index contributed by atoms with van der Waals surface area (Å²) in [6, 6.07) is 35.0. The van der Waals surface area contributed by atoms with Crippen molar-refractivity contribution in [2.45, 2.75) is 32.9 Å². The van der Waals surface area contributed by atoms with Gasteiger partial charge in [0.25, 0.3) is 0 Å². The molecule has 162 valence electrons. The standard InChI is InChI=1S/C30H27N3/c1-3-21(2)31-30(33-28-18-10-6-14-24(28)25-15-7-11-19-29(25)33)20-32-26-16-8-4-12-22(26)23-13-5-9-17-27(23)32/h4-19,21H,3,20H2,1-2H3. The van der Waals surface area contributed by atoms with Crippen molar-refractivity contribution in [2.75, 3.05) is 0 Å². The van der Waals surface area contributed by atoms with Gasteiger partial charge in [0.2, 0.25) is 0 Å². The molecule has 0 N–H and O–H groups in total. The molecule has 0 aliphatic rings. The number of aromatic nitrogens is 2. The Kier molecular flexibility index (Phi) is 4.76. The van der Waals surface area contributed by atoms with Gasteiger partial charge in [0.15, 0.2) is 0 Å².